The summed E-state index contributed by atoms with van der Waals surface area (Å²) in [6.07, 6.45) is 5.11. The normalized spacial score (nSPS) is 34.5. The van der Waals surface area contributed by atoms with Crippen molar-refractivity contribution in [1.82, 2.24) is 4.31 Å². The Labute approximate surface area is 104 Å². The first-order chi connectivity index (χ1) is 7.95. The molecule has 0 spiro atoms. The number of aliphatic hydroxyl groups excluding tert-OH is 1. The molecule has 1 N–H and O–H groups in total. The molecule has 0 heterocycles. The third-order valence-electron chi connectivity index (χ3n) is 4.58. The summed E-state index contributed by atoms with van der Waals surface area (Å²) >= 11 is 0. The summed E-state index contributed by atoms with van der Waals surface area (Å²) in [4.78, 5) is 0. The molecule has 2 bridgehead atoms. The topological polar surface area (TPSA) is 57.6 Å². The van der Waals surface area contributed by atoms with Gasteiger partial charge in [-0.3, -0.25) is 0 Å². The van der Waals surface area contributed by atoms with Crippen LogP contribution in [0.15, 0.2) is 0 Å². The molecular formula is C12H23NO3S. The van der Waals surface area contributed by atoms with Gasteiger partial charge in [0.15, 0.2) is 0 Å². The van der Waals surface area contributed by atoms with E-state index in [-0.39, 0.29) is 6.61 Å². The van der Waals surface area contributed by atoms with Gasteiger partial charge in [0.05, 0.1) is 11.9 Å². The Kier molecular flexibility index (Phi) is 3.80. The van der Waals surface area contributed by atoms with Crippen molar-refractivity contribution in [2.45, 2.75) is 37.9 Å². The van der Waals surface area contributed by atoms with E-state index in [1.54, 1.807) is 14.0 Å². The van der Waals surface area contributed by atoms with Crippen molar-refractivity contribution in [3.63, 3.8) is 0 Å². The Hall–Kier alpha value is -0.130. The Bertz CT molecular complexity index is 368. The minimum atomic E-state index is -3.31. The number of aliphatic hydroxyl groups is 1. The smallest absolute Gasteiger partial charge is 0.218 e. The van der Waals surface area contributed by atoms with Crippen LogP contribution in [0, 0.1) is 17.8 Å². The van der Waals surface area contributed by atoms with Gasteiger partial charge in [0.2, 0.25) is 10.0 Å². The molecule has 0 aromatic heterocycles. The SMILES string of the molecule is CC(CO)S(=O)(=O)N(C)CC1CC2CCC1C2. The third kappa shape index (κ3) is 2.51. The predicted octanol–water partition coefficient (Wildman–Crippen LogP) is 1.06. The van der Waals surface area contributed by atoms with Crippen LogP contribution < -0.4 is 0 Å². The van der Waals surface area contributed by atoms with E-state index in [2.05, 4.69) is 0 Å². The van der Waals surface area contributed by atoms with E-state index in [4.69, 9.17) is 5.11 Å². The molecular weight excluding hydrogens is 238 g/mol. The van der Waals surface area contributed by atoms with Gasteiger partial charge in [-0.25, -0.2) is 12.7 Å². The maximum atomic E-state index is 12.0. The molecule has 0 amide bonds. The second-order valence-corrected chi connectivity index (χ2v) is 8.21. The highest BCUT2D eigenvalue weighted by Gasteiger charge is 2.41. The van der Waals surface area contributed by atoms with Gasteiger partial charge in [-0.1, -0.05) is 6.42 Å². The Balaban J connectivity index is 1.95. The molecule has 0 aromatic rings. The Morgan fingerprint density at radius 3 is 2.53 bits per heavy atom. The van der Waals surface area contributed by atoms with Gasteiger partial charge in [0, 0.05) is 13.6 Å². The van der Waals surface area contributed by atoms with Crippen LogP contribution in [0.3, 0.4) is 0 Å². The summed E-state index contributed by atoms with van der Waals surface area (Å²) in [5.74, 6) is 2.12. The van der Waals surface area contributed by atoms with Gasteiger partial charge in [-0.2, -0.15) is 0 Å². The standard InChI is InChI=1S/C12H23NO3S/c1-9(8-14)17(15,16)13(2)7-12-6-10-3-4-11(12)5-10/h9-12,14H,3-8H2,1-2H3. The van der Waals surface area contributed by atoms with Crippen molar-refractivity contribution in [2.75, 3.05) is 20.2 Å². The number of hydrogen-bond acceptors (Lipinski definition) is 3. The molecule has 100 valence electrons. The van der Waals surface area contributed by atoms with Crippen LogP contribution in [0.4, 0.5) is 0 Å². The highest BCUT2D eigenvalue weighted by Crippen LogP contribution is 2.48. The molecule has 17 heavy (non-hydrogen) atoms. The molecule has 2 rings (SSSR count). The van der Waals surface area contributed by atoms with Crippen LogP contribution in [0.5, 0.6) is 0 Å². The fraction of sp³-hybridized carbons (Fsp3) is 1.00. The molecule has 2 fully saturated rings. The molecule has 0 radical (unpaired) electrons. The summed E-state index contributed by atoms with van der Waals surface area (Å²) < 4.78 is 25.5. The van der Waals surface area contributed by atoms with E-state index in [0.29, 0.717) is 12.5 Å². The lowest BCUT2D eigenvalue weighted by atomic mass is 9.89. The van der Waals surface area contributed by atoms with Crippen LogP contribution in [0.1, 0.15) is 32.6 Å². The molecule has 2 saturated carbocycles. The van der Waals surface area contributed by atoms with Crippen molar-refractivity contribution in [3.05, 3.63) is 0 Å². The van der Waals surface area contributed by atoms with Gasteiger partial charge in [0.25, 0.3) is 0 Å². The van der Waals surface area contributed by atoms with E-state index in [1.807, 2.05) is 0 Å². The highest BCUT2D eigenvalue weighted by atomic mass is 32.2. The molecule has 0 saturated heterocycles. The molecule has 4 nitrogen and oxygen atoms in total. The number of rotatable bonds is 5. The van der Waals surface area contributed by atoms with E-state index in [9.17, 15) is 8.42 Å². The van der Waals surface area contributed by atoms with Crippen LogP contribution in [-0.4, -0.2) is 43.3 Å². The average molecular weight is 261 g/mol. The zero-order chi connectivity index (χ0) is 12.6. The molecule has 4 unspecified atom stereocenters. The zero-order valence-electron chi connectivity index (χ0n) is 10.7. The van der Waals surface area contributed by atoms with E-state index < -0.39 is 15.3 Å². The third-order valence-corrected chi connectivity index (χ3v) is 6.76. The summed E-state index contributed by atoms with van der Waals surface area (Å²) in [5.41, 5.74) is 0. The number of fused-ring (bicyclic) bond motifs is 2. The van der Waals surface area contributed by atoms with Crippen LogP contribution in [0.25, 0.3) is 0 Å². The summed E-state index contributed by atoms with van der Waals surface area (Å²) in [5, 5.41) is 8.29. The number of hydrogen-bond donors (Lipinski definition) is 1. The quantitative estimate of drug-likeness (QED) is 0.805. The Morgan fingerprint density at radius 2 is 2.06 bits per heavy atom. The van der Waals surface area contributed by atoms with Gasteiger partial charge < -0.3 is 5.11 Å². The minimum absolute atomic E-state index is 0.302. The lowest BCUT2D eigenvalue weighted by Crippen LogP contribution is -2.40. The van der Waals surface area contributed by atoms with Gasteiger partial charge in [-0.05, 0) is 43.9 Å². The fourth-order valence-corrected chi connectivity index (χ4v) is 4.64. The first-order valence-electron chi connectivity index (χ1n) is 6.51. The van der Waals surface area contributed by atoms with Gasteiger partial charge in [0.1, 0.15) is 0 Å². The van der Waals surface area contributed by atoms with Crippen molar-refractivity contribution in [1.29, 1.82) is 0 Å². The van der Waals surface area contributed by atoms with E-state index in [1.165, 1.54) is 30.0 Å². The van der Waals surface area contributed by atoms with Gasteiger partial charge >= 0.3 is 0 Å². The maximum Gasteiger partial charge on any atom is 0.218 e. The maximum absolute atomic E-state index is 12.0. The van der Waals surface area contributed by atoms with Gasteiger partial charge in [-0.15, -0.1) is 0 Å². The lowest BCUT2D eigenvalue weighted by molar-refractivity contribution is 0.268. The minimum Gasteiger partial charge on any atom is -0.395 e. The van der Waals surface area contributed by atoms with Crippen LogP contribution in [0.2, 0.25) is 0 Å². The summed E-state index contributed by atoms with van der Waals surface area (Å²) in [7, 11) is -1.66. The Morgan fingerprint density at radius 1 is 1.35 bits per heavy atom. The summed E-state index contributed by atoms with van der Waals surface area (Å²) in [6.45, 7) is 1.89. The average Bonchev–Trinajstić information content (AvgIpc) is 2.89. The fourth-order valence-electron chi connectivity index (χ4n) is 3.44. The number of nitrogens with zero attached hydrogens (tertiary/aromatic N) is 1. The highest BCUT2D eigenvalue weighted by molar-refractivity contribution is 7.89. The van der Waals surface area contributed by atoms with E-state index >= 15 is 0 Å². The number of sulfonamides is 1. The molecule has 2 aliphatic carbocycles. The van der Waals surface area contributed by atoms with Crippen molar-refractivity contribution in [2.24, 2.45) is 17.8 Å². The largest absolute Gasteiger partial charge is 0.395 e. The van der Waals surface area contributed by atoms with E-state index in [0.717, 1.165) is 11.8 Å². The van der Waals surface area contributed by atoms with Crippen molar-refractivity contribution in [3.8, 4) is 0 Å². The molecule has 0 aliphatic heterocycles. The first-order valence-corrected chi connectivity index (χ1v) is 8.01. The second-order valence-electron chi connectivity index (χ2n) is 5.75. The summed E-state index contributed by atoms with van der Waals surface area (Å²) in [6, 6.07) is 0. The molecule has 4 atom stereocenters. The molecule has 2 aliphatic rings. The lowest BCUT2D eigenvalue weighted by Gasteiger charge is -2.28. The van der Waals surface area contributed by atoms with Crippen LogP contribution in [-0.2, 0) is 10.0 Å². The monoisotopic (exact) mass is 261 g/mol. The molecule has 0 aromatic carbocycles. The zero-order valence-corrected chi connectivity index (χ0v) is 11.5. The first kappa shape index (κ1) is 13.3. The van der Waals surface area contributed by atoms with Crippen molar-refractivity contribution >= 4 is 10.0 Å². The predicted molar refractivity (Wildman–Crippen MR) is 67.0 cm³/mol. The molecule has 5 heteroatoms. The second kappa shape index (κ2) is 4.86. The van der Waals surface area contributed by atoms with Crippen molar-refractivity contribution < 1.29 is 13.5 Å². The van der Waals surface area contributed by atoms with Crippen LogP contribution >= 0.6 is 0 Å².